The van der Waals surface area contributed by atoms with E-state index in [1.807, 2.05) is 0 Å². The van der Waals surface area contributed by atoms with Gasteiger partial charge < -0.3 is 10.0 Å². The van der Waals surface area contributed by atoms with Crippen LogP contribution in [0.1, 0.15) is 64.2 Å². The van der Waals surface area contributed by atoms with E-state index < -0.39 is 35.8 Å². The van der Waals surface area contributed by atoms with E-state index in [2.05, 4.69) is 0 Å². The van der Waals surface area contributed by atoms with Crippen LogP contribution in [0.3, 0.4) is 0 Å². The standard InChI is InChI=1S/C16H23F4NO3/c17-15(18,16(19,20)14(23)24)13(22)21(11-7-3-1-4-8-11)12-9-5-2-6-10-12/h11-12H,1-10H2,(H,23,24). The van der Waals surface area contributed by atoms with E-state index in [9.17, 15) is 27.2 Å². The van der Waals surface area contributed by atoms with Crippen molar-refractivity contribution in [2.24, 2.45) is 0 Å². The Hall–Kier alpha value is -1.34. The lowest BCUT2D eigenvalue weighted by Gasteiger charge is -2.43. The van der Waals surface area contributed by atoms with Gasteiger partial charge in [0.2, 0.25) is 0 Å². The molecule has 0 heterocycles. The second kappa shape index (κ2) is 7.27. The van der Waals surface area contributed by atoms with Crippen LogP contribution in [-0.2, 0) is 9.59 Å². The fourth-order valence-electron chi connectivity index (χ4n) is 3.78. The minimum atomic E-state index is -5.41. The molecule has 0 radical (unpaired) electrons. The Balaban J connectivity index is 2.30. The molecule has 0 aromatic rings. The number of amides is 1. The van der Waals surface area contributed by atoms with Crippen molar-refractivity contribution >= 4 is 11.9 Å². The van der Waals surface area contributed by atoms with Gasteiger partial charge in [-0.15, -0.1) is 0 Å². The van der Waals surface area contributed by atoms with Crippen LogP contribution in [0.15, 0.2) is 0 Å². The van der Waals surface area contributed by atoms with Gasteiger partial charge in [0, 0.05) is 12.1 Å². The van der Waals surface area contributed by atoms with Crippen molar-refractivity contribution in [2.45, 2.75) is 88.1 Å². The molecule has 4 nitrogen and oxygen atoms in total. The molecule has 0 aromatic carbocycles. The van der Waals surface area contributed by atoms with E-state index >= 15 is 0 Å². The van der Waals surface area contributed by atoms with Gasteiger partial charge in [-0.2, -0.15) is 17.6 Å². The third-order valence-electron chi connectivity index (χ3n) is 5.10. The molecule has 138 valence electrons. The third kappa shape index (κ3) is 3.52. The number of alkyl halides is 4. The molecule has 1 amide bonds. The lowest BCUT2D eigenvalue weighted by atomic mass is 9.88. The van der Waals surface area contributed by atoms with Gasteiger partial charge in [-0.05, 0) is 25.7 Å². The van der Waals surface area contributed by atoms with Crippen LogP contribution in [-0.4, -0.2) is 45.8 Å². The van der Waals surface area contributed by atoms with E-state index in [0.717, 1.165) is 43.4 Å². The molecule has 2 saturated carbocycles. The zero-order chi connectivity index (χ0) is 18.0. The highest BCUT2D eigenvalue weighted by atomic mass is 19.3. The third-order valence-corrected chi connectivity index (χ3v) is 5.10. The van der Waals surface area contributed by atoms with Gasteiger partial charge >= 0.3 is 23.7 Å². The monoisotopic (exact) mass is 353 g/mol. The summed E-state index contributed by atoms with van der Waals surface area (Å²) in [6, 6.07) is -1.02. The minimum absolute atomic E-state index is 0.497. The highest BCUT2D eigenvalue weighted by Gasteiger charge is 2.69. The molecular weight excluding hydrogens is 330 g/mol. The van der Waals surface area contributed by atoms with Gasteiger partial charge in [-0.25, -0.2) is 4.79 Å². The number of aliphatic carboxylic acids is 1. The molecule has 0 saturated heterocycles. The first-order valence-electron chi connectivity index (χ1n) is 8.51. The normalized spacial score (nSPS) is 21.5. The first-order valence-corrected chi connectivity index (χ1v) is 8.51. The zero-order valence-corrected chi connectivity index (χ0v) is 13.4. The van der Waals surface area contributed by atoms with E-state index in [-0.39, 0.29) is 0 Å². The Kier molecular flexibility index (Phi) is 5.75. The number of carbonyl (C=O) groups excluding carboxylic acids is 1. The number of carbonyl (C=O) groups is 2. The summed E-state index contributed by atoms with van der Waals surface area (Å²) in [7, 11) is 0. The quantitative estimate of drug-likeness (QED) is 0.764. The molecule has 24 heavy (non-hydrogen) atoms. The Bertz CT molecular complexity index is 454. The number of halogens is 4. The van der Waals surface area contributed by atoms with Crippen molar-refractivity contribution in [3.05, 3.63) is 0 Å². The average molecular weight is 353 g/mol. The van der Waals surface area contributed by atoms with Gasteiger partial charge in [0.1, 0.15) is 0 Å². The van der Waals surface area contributed by atoms with Crippen LogP contribution in [0, 0.1) is 0 Å². The number of carboxylic acids is 1. The molecule has 2 aliphatic carbocycles. The van der Waals surface area contributed by atoms with Gasteiger partial charge in [0.05, 0.1) is 0 Å². The molecule has 2 fully saturated rings. The fraction of sp³-hybridized carbons (Fsp3) is 0.875. The summed E-state index contributed by atoms with van der Waals surface area (Å²) in [6.07, 6.45) is 6.84. The van der Waals surface area contributed by atoms with Gasteiger partial charge in [-0.1, -0.05) is 38.5 Å². The molecule has 8 heteroatoms. The fourth-order valence-corrected chi connectivity index (χ4v) is 3.78. The summed E-state index contributed by atoms with van der Waals surface area (Å²) in [6.45, 7) is 0. The molecule has 2 rings (SSSR count). The van der Waals surface area contributed by atoms with E-state index in [1.165, 1.54) is 0 Å². The maximum Gasteiger partial charge on any atom is 0.413 e. The van der Waals surface area contributed by atoms with Crippen molar-refractivity contribution in [1.29, 1.82) is 0 Å². The largest absolute Gasteiger partial charge is 0.477 e. The maximum absolute atomic E-state index is 14.1. The van der Waals surface area contributed by atoms with Crippen LogP contribution in [0.2, 0.25) is 0 Å². The maximum atomic E-state index is 14.1. The molecular formula is C16H23F4NO3. The number of hydrogen-bond acceptors (Lipinski definition) is 2. The van der Waals surface area contributed by atoms with Crippen molar-refractivity contribution in [3.8, 4) is 0 Å². The van der Waals surface area contributed by atoms with E-state index in [1.54, 1.807) is 0 Å². The Morgan fingerprint density at radius 1 is 0.750 bits per heavy atom. The molecule has 0 aliphatic heterocycles. The molecule has 2 aliphatic rings. The second-order valence-electron chi connectivity index (χ2n) is 6.75. The van der Waals surface area contributed by atoms with Crippen LogP contribution in [0.25, 0.3) is 0 Å². The summed E-state index contributed by atoms with van der Waals surface area (Å²) in [5.74, 6) is -15.7. The summed E-state index contributed by atoms with van der Waals surface area (Å²) in [4.78, 5) is 23.8. The number of carboxylic acid groups (broad SMARTS) is 1. The molecule has 0 unspecified atom stereocenters. The number of rotatable bonds is 5. The van der Waals surface area contributed by atoms with Crippen LogP contribution < -0.4 is 0 Å². The van der Waals surface area contributed by atoms with Crippen molar-refractivity contribution < 1.29 is 32.3 Å². The first-order chi connectivity index (χ1) is 11.2. The van der Waals surface area contributed by atoms with Crippen molar-refractivity contribution in [3.63, 3.8) is 0 Å². The zero-order valence-electron chi connectivity index (χ0n) is 13.4. The van der Waals surface area contributed by atoms with Crippen molar-refractivity contribution in [2.75, 3.05) is 0 Å². The first kappa shape index (κ1) is 19.0. The lowest BCUT2D eigenvalue weighted by molar-refractivity contribution is -0.230. The van der Waals surface area contributed by atoms with Crippen molar-refractivity contribution in [1.82, 2.24) is 4.90 Å². The summed E-state index contributed by atoms with van der Waals surface area (Å²) in [5.41, 5.74) is 0. The lowest BCUT2D eigenvalue weighted by Crippen LogP contribution is -2.61. The van der Waals surface area contributed by atoms with E-state index in [4.69, 9.17) is 5.11 Å². The van der Waals surface area contributed by atoms with Gasteiger partial charge in [0.15, 0.2) is 0 Å². The molecule has 0 spiro atoms. The van der Waals surface area contributed by atoms with Crippen LogP contribution in [0.4, 0.5) is 17.6 Å². The molecule has 0 aromatic heterocycles. The topological polar surface area (TPSA) is 57.6 Å². The minimum Gasteiger partial charge on any atom is -0.477 e. The van der Waals surface area contributed by atoms with E-state index in [0.29, 0.717) is 25.7 Å². The Morgan fingerprint density at radius 2 is 1.12 bits per heavy atom. The van der Waals surface area contributed by atoms with Gasteiger partial charge in [-0.3, -0.25) is 4.79 Å². The highest BCUT2D eigenvalue weighted by molar-refractivity contribution is 5.92. The highest BCUT2D eigenvalue weighted by Crippen LogP contribution is 2.40. The van der Waals surface area contributed by atoms with Crippen LogP contribution >= 0.6 is 0 Å². The predicted molar refractivity (Wildman–Crippen MR) is 78.1 cm³/mol. The molecule has 0 bridgehead atoms. The Morgan fingerprint density at radius 3 is 1.46 bits per heavy atom. The smallest absolute Gasteiger partial charge is 0.413 e. The average Bonchev–Trinajstić information content (AvgIpc) is 2.56. The molecule has 0 atom stereocenters. The SMILES string of the molecule is O=C(O)C(F)(F)C(F)(F)C(=O)N(C1CCCCC1)C1CCCCC1. The predicted octanol–water partition coefficient (Wildman–Crippen LogP) is 3.84. The number of nitrogens with zero attached hydrogens (tertiary/aromatic N) is 1. The summed E-state index contributed by atoms with van der Waals surface area (Å²) >= 11 is 0. The van der Waals surface area contributed by atoms with Crippen LogP contribution in [0.5, 0.6) is 0 Å². The Labute approximate surface area is 138 Å². The number of hydrogen-bond donors (Lipinski definition) is 1. The summed E-state index contributed by atoms with van der Waals surface area (Å²) in [5, 5.41) is 8.43. The summed E-state index contributed by atoms with van der Waals surface area (Å²) < 4.78 is 55.1. The van der Waals surface area contributed by atoms with Gasteiger partial charge in [0.25, 0.3) is 0 Å². The molecule has 1 N–H and O–H groups in total. The second-order valence-corrected chi connectivity index (χ2v) is 6.75.